The summed E-state index contributed by atoms with van der Waals surface area (Å²) in [6.07, 6.45) is 1.52. The summed E-state index contributed by atoms with van der Waals surface area (Å²) < 4.78 is 26.4. The smallest absolute Gasteiger partial charge is 0.207 e. The van der Waals surface area contributed by atoms with Crippen molar-refractivity contribution in [2.75, 3.05) is 0 Å². The highest BCUT2D eigenvalue weighted by atomic mass is 19.1. The quantitative estimate of drug-likeness (QED) is 0.781. The van der Waals surface area contributed by atoms with Crippen LogP contribution in [0.5, 0.6) is 0 Å². The largest absolute Gasteiger partial charge is 0.354 e. The van der Waals surface area contributed by atoms with Gasteiger partial charge in [0.2, 0.25) is 6.41 Å². The van der Waals surface area contributed by atoms with Gasteiger partial charge in [0.1, 0.15) is 11.6 Å². The van der Waals surface area contributed by atoms with Crippen LogP contribution in [0.2, 0.25) is 0 Å². The summed E-state index contributed by atoms with van der Waals surface area (Å²) in [7, 11) is 0. The SMILES string of the molecule is CC(C)(C)NC=O.CCC(c1cccc(F)c1)c1cccc(F)c1. The van der Waals surface area contributed by atoms with Gasteiger partial charge in [-0.2, -0.15) is 0 Å². The Hall–Kier alpha value is -2.23. The minimum absolute atomic E-state index is 0.0430. The lowest BCUT2D eigenvalue weighted by Gasteiger charge is -2.16. The Labute approximate surface area is 142 Å². The van der Waals surface area contributed by atoms with Gasteiger partial charge in [-0.25, -0.2) is 8.78 Å². The Morgan fingerprint density at radius 2 is 1.46 bits per heavy atom. The van der Waals surface area contributed by atoms with Gasteiger partial charge in [-0.15, -0.1) is 0 Å². The Morgan fingerprint density at radius 3 is 1.71 bits per heavy atom. The van der Waals surface area contributed by atoms with Gasteiger partial charge in [0, 0.05) is 11.5 Å². The first-order valence-electron chi connectivity index (χ1n) is 7.99. The van der Waals surface area contributed by atoms with Crippen LogP contribution in [0.3, 0.4) is 0 Å². The third-order valence-corrected chi connectivity index (χ3v) is 3.40. The summed E-state index contributed by atoms with van der Waals surface area (Å²) in [5.41, 5.74) is 1.71. The number of rotatable bonds is 4. The molecule has 24 heavy (non-hydrogen) atoms. The van der Waals surface area contributed by atoms with E-state index in [1.54, 1.807) is 12.1 Å². The number of carbonyl (C=O) groups excluding carboxylic acids is 1. The molecule has 2 aromatic carbocycles. The molecule has 2 aromatic rings. The number of hydrogen-bond acceptors (Lipinski definition) is 1. The number of amides is 1. The highest BCUT2D eigenvalue weighted by Gasteiger charge is 2.13. The van der Waals surface area contributed by atoms with Crippen molar-refractivity contribution in [3.8, 4) is 0 Å². The summed E-state index contributed by atoms with van der Waals surface area (Å²) in [4.78, 5) is 9.71. The molecule has 0 atom stereocenters. The van der Waals surface area contributed by atoms with Gasteiger partial charge in [0.25, 0.3) is 0 Å². The number of carbonyl (C=O) groups is 1. The van der Waals surface area contributed by atoms with Gasteiger partial charge in [0.05, 0.1) is 0 Å². The molecule has 130 valence electrons. The molecule has 4 heteroatoms. The number of nitrogens with one attached hydrogen (secondary N) is 1. The van der Waals surface area contributed by atoms with E-state index in [1.807, 2.05) is 39.8 Å². The van der Waals surface area contributed by atoms with Crippen LogP contribution < -0.4 is 5.32 Å². The number of halogens is 2. The first-order valence-corrected chi connectivity index (χ1v) is 7.99. The van der Waals surface area contributed by atoms with E-state index in [1.165, 1.54) is 24.3 Å². The van der Waals surface area contributed by atoms with Crippen molar-refractivity contribution >= 4 is 6.41 Å². The van der Waals surface area contributed by atoms with Crippen molar-refractivity contribution in [3.63, 3.8) is 0 Å². The number of hydrogen-bond donors (Lipinski definition) is 1. The molecule has 0 aliphatic heterocycles. The van der Waals surface area contributed by atoms with Crippen LogP contribution in [0.4, 0.5) is 8.78 Å². The monoisotopic (exact) mass is 333 g/mol. The zero-order valence-corrected chi connectivity index (χ0v) is 14.6. The van der Waals surface area contributed by atoms with Crippen LogP contribution in [-0.4, -0.2) is 11.9 Å². The maximum atomic E-state index is 13.2. The van der Waals surface area contributed by atoms with Gasteiger partial charge >= 0.3 is 0 Å². The average molecular weight is 333 g/mol. The van der Waals surface area contributed by atoms with Gasteiger partial charge < -0.3 is 5.32 Å². The van der Waals surface area contributed by atoms with E-state index in [2.05, 4.69) is 5.32 Å². The summed E-state index contributed by atoms with van der Waals surface area (Å²) >= 11 is 0. The van der Waals surface area contributed by atoms with Crippen LogP contribution in [0.25, 0.3) is 0 Å². The Kier molecular flexibility index (Phi) is 7.56. The molecule has 0 aliphatic carbocycles. The zero-order valence-electron chi connectivity index (χ0n) is 14.6. The molecule has 0 unspecified atom stereocenters. The van der Waals surface area contributed by atoms with E-state index in [-0.39, 0.29) is 23.1 Å². The molecule has 0 fully saturated rings. The van der Waals surface area contributed by atoms with Crippen molar-refractivity contribution in [3.05, 3.63) is 71.3 Å². The topological polar surface area (TPSA) is 29.1 Å². The third kappa shape index (κ3) is 6.90. The van der Waals surface area contributed by atoms with E-state index in [0.29, 0.717) is 6.41 Å². The van der Waals surface area contributed by atoms with Crippen molar-refractivity contribution in [1.29, 1.82) is 0 Å². The molecule has 2 nitrogen and oxygen atoms in total. The van der Waals surface area contributed by atoms with Crippen molar-refractivity contribution in [2.45, 2.75) is 45.6 Å². The lowest BCUT2D eigenvalue weighted by Crippen LogP contribution is -2.34. The van der Waals surface area contributed by atoms with Crippen molar-refractivity contribution in [2.24, 2.45) is 0 Å². The Morgan fingerprint density at radius 1 is 1.00 bits per heavy atom. The van der Waals surface area contributed by atoms with Crippen molar-refractivity contribution < 1.29 is 13.6 Å². The Balaban J connectivity index is 0.000000351. The molecule has 0 bridgehead atoms. The normalized spacial score (nSPS) is 10.8. The van der Waals surface area contributed by atoms with E-state index in [0.717, 1.165) is 17.5 Å². The molecule has 0 radical (unpaired) electrons. The second-order valence-corrected chi connectivity index (χ2v) is 6.58. The molecular weight excluding hydrogens is 308 g/mol. The van der Waals surface area contributed by atoms with E-state index >= 15 is 0 Å². The van der Waals surface area contributed by atoms with E-state index in [9.17, 15) is 13.6 Å². The fourth-order valence-corrected chi connectivity index (χ4v) is 2.29. The lowest BCUT2D eigenvalue weighted by atomic mass is 9.89. The van der Waals surface area contributed by atoms with Crippen LogP contribution in [0.1, 0.15) is 51.2 Å². The molecular formula is C20H25F2NO. The molecule has 2 rings (SSSR count). The second kappa shape index (κ2) is 9.16. The van der Waals surface area contributed by atoms with Crippen LogP contribution >= 0.6 is 0 Å². The molecule has 0 aromatic heterocycles. The Bertz CT molecular complexity index is 605. The highest BCUT2D eigenvalue weighted by Crippen LogP contribution is 2.28. The first-order chi connectivity index (χ1) is 11.3. The third-order valence-electron chi connectivity index (χ3n) is 3.40. The average Bonchev–Trinajstić information content (AvgIpc) is 2.47. The summed E-state index contributed by atoms with van der Waals surface area (Å²) in [5.74, 6) is -0.462. The first kappa shape index (κ1) is 19.8. The lowest BCUT2D eigenvalue weighted by molar-refractivity contribution is -0.110. The van der Waals surface area contributed by atoms with Crippen LogP contribution in [0.15, 0.2) is 48.5 Å². The summed E-state index contributed by atoms with van der Waals surface area (Å²) in [6.45, 7) is 7.81. The molecule has 0 heterocycles. The fraction of sp³-hybridized carbons (Fsp3) is 0.350. The minimum Gasteiger partial charge on any atom is -0.354 e. The maximum Gasteiger partial charge on any atom is 0.207 e. The minimum atomic E-state index is -0.252. The van der Waals surface area contributed by atoms with Crippen molar-refractivity contribution in [1.82, 2.24) is 5.32 Å². The molecule has 0 spiro atoms. The van der Waals surface area contributed by atoms with Crippen LogP contribution in [0, 0.1) is 11.6 Å². The zero-order chi connectivity index (χ0) is 18.2. The standard InChI is InChI=1S/C15H14F2.C5H11NO/c1-2-15(11-5-3-7-13(16)9-11)12-6-4-8-14(17)10-12;1-5(2,3)6-4-7/h3-10,15H,2H2,1H3;4H,1-3H3,(H,6,7). The summed E-state index contributed by atoms with van der Waals surface area (Å²) in [6, 6.07) is 13.0. The molecule has 1 amide bonds. The second-order valence-electron chi connectivity index (χ2n) is 6.58. The van der Waals surface area contributed by atoms with E-state index < -0.39 is 0 Å². The predicted octanol–water partition coefficient (Wildman–Crippen LogP) is 5.04. The van der Waals surface area contributed by atoms with Gasteiger partial charge in [-0.1, -0.05) is 31.2 Å². The van der Waals surface area contributed by atoms with Crippen LogP contribution in [-0.2, 0) is 4.79 Å². The fourth-order valence-electron chi connectivity index (χ4n) is 2.29. The van der Waals surface area contributed by atoms with Gasteiger partial charge in [0.15, 0.2) is 0 Å². The summed E-state index contributed by atoms with van der Waals surface area (Å²) in [5, 5.41) is 2.60. The predicted molar refractivity (Wildman–Crippen MR) is 93.9 cm³/mol. The molecule has 0 aliphatic rings. The van der Waals surface area contributed by atoms with Gasteiger partial charge in [-0.05, 0) is 62.6 Å². The molecule has 0 saturated carbocycles. The molecule has 1 N–H and O–H groups in total. The maximum absolute atomic E-state index is 13.2. The highest BCUT2D eigenvalue weighted by molar-refractivity contribution is 5.47. The number of benzene rings is 2. The van der Waals surface area contributed by atoms with Gasteiger partial charge in [-0.3, -0.25) is 4.79 Å². The van der Waals surface area contributed by atoms with E-state index in [4.69, 9.17) is 0 Å². The molecule has 0 saturated heterocycles.